The van der Waals surface area contributed by atoms with Crippen LogP contribution in [-0.4, -0.2) is 11.3 Å². The number of nitrogens with zero attached hydrogens (tertiary/aromatic N) is 1. The standard InChI is InChI=1S/C7H12ClNO/c1-7(2,3)5-4-6(8)9-10-5/h5H,4H2,1-3H3. The van der Waals surface area contributed by atoms with Crippen LogP contribution in [0.3, 0.4) is 0 Å². The molecule has 0 amide bonds. The normalized spacial score (nSPS) is 26.0. The average molecular weight is 162 g/mol. The number of hydrogen-bond acceptors (Lipinski definition) is 2. The molecule has 0 saturated carbocycles. The Balaban J connectivity index is 2.50. The number of oxime groups is 1. The lowest BCUT2D eigenvalue weighted by Crippen LogP contribution is -2.25. The highest BCUT2D eigenvalue weighted by molar-refractivity contribution is 6.65. The van der Waals surface area contributed by atoms with Gasteiger partial charge in [-0.05, 0) is 0 Å². The van der Waals surface area contributed by atoms with Gasteiger partial charge in [0.1, 0.15) is 11.3 Å². The Bertz CT molecular complexity index is 159. The molecule has 0 radical (unpaired) electrons. The molecular formula is C7H12ClNO. The van der Waals surface area contributed by atoms with Crippen molar-refractivity contribution in [2.75, 3.05) is 0 Å². The van der Waals surface area contributed by atoms with Crippen molar-refractivity contribution in [1.29, 1.82) is 0 Å². The third-order valence-corrected chi connectivity index (χ3v) is 1.82. The highest BCUT2D eigenvalue weighted by atomic mass is 35.5. The van der Waals surface area contributed by atoms with Gasteiger partial charge in [-0.1, -0.05) is 37.5 Å². The van der Waals surface area contributed by atoms with E-state index in [0.29, 0.717) is 5.17 Å². The minimum atomic E-state index is 0.139. The van der Waals surface area contributed by atoms with Crippen LogP contribution in [0.1, 0.15) is 27.2 Å². The highest BCUT2D eigenvalue weighted by Crippen LogP contribution is 2.29. The summed E-state index contributed by atoms with van der Waals surface area (Å²) in [6, 6.07) is 0. The monoisotopic (exact) mass is 161 g/mol. The highest BCUT2D eigenvalue weighted by Gasteiger charge is 2.31. The van der Waals surface area contributed by atoms with E-state index in [0.717, 1.165) is 6.42 Å². The molecule has 10 heavy (non-hydrogen) atoms. The lowest BCUT2D eigenvalue weighted by molar-refractivity contribution is 0.00831. The smallest absolute Gasteiger partial charge is 0.149 e. The molecule has 0 spiro atoms. The van der Waals surface area contributed by atoms with E-state index in [9.17, 15) is 0 Å². The first-order valence-electron chi connectivity index (χ1n) is 3.38. The molecule has 1 unspecified atom stereocenters. The van der Waals surface area contributed by atoms with Crippen LogP contribution in [0.4, 0.5) is 0 Å². The van der Waals surface area contributed by atoms with E-state index in [2.05, 4.69) is 25.9 Å². The molecule has 1 rings (SSSR count). The fraction of sp³-hybridized carbons (Fsp3) is 0.857. The molecule has 0 saturated heterocycles. The fourth-order valence-electron chi connectivity index (χ4n) is 0.813. The van der Waals surface area contributed by atoms with Crippen molar-refractivity contribution in [2.24, 2.45) is 10.6 Å². The van der Waals surface area contributed by atoms with E-state index >= 15 is 0 Å². The maximum absolute atomic E-state index is 5.64. The summed E-state index contributed by atoms with van der Waals surface area (Å²) < 4.78 is 0. The minimum Gasteiger partial charge on any atom is -0.391 e. The number of halogens is 1. The van der Waals surface area contributed by atoms with Gasteiger partial charge in [-0.3, -0.25) is 0 Å². The first-order valence-corrected chi connectivity index (χ1v) is 3.76. The maximum atomic E-state index is 5.64. The molecule has 3 heteroatoms. The van der Waals surface area contributed by atoms with E-state index in [-0.39, 0.29) is 11.5 Å². The Morgan fingerprint density at radius 3 is 2.40 bits per heavy atom. The van der Waals surface area contributed by atoms with Gasteiger partial charge in [0, 0.05) is 11.8 Å². The summed E-state index contributed by atoms with van der Waals surface area (Å²) in [5.41, 5.74) is 0.139. The molecule has 0 fully saturated rings. The van der Waals surface area contributed by atoms with Gasteiger partial charge in [-0.15, -0.1) is 0 Å². The topological polar surface area (TPSA) is 21.6 Å². The maximum Gasteiger partial charge on any atom is 0.149 e. The Labute approximate surface area is 66.2 Å². The Kier molecular flexibility index (Phi) is 1.90. The lowest BCUT2D eigenvalue weighted by atomic mass is 9.88. The summed E-state index contributed by atoms with van der Waals surface area (Å²) in [5, 5.41) is 4.25. The summed E-state index contributed by atoms with van der Waals surface area (Å²) in [6.07, 6.45) is 0.908. The first-order chi connectivity index (χ1) is 4.50. The summed E-state index contributed by atoms with van der Waals surface area (Å²) >= 11 is 5.64. The molecule has 58 valence electrons. The van der Waals surface area contributed by atoms with Crippen LogP contribution in [0.15, 0.2) is 5.16 Å². The quantitative estimate of drug-likeness (QED) is 0.535. The van der Waals surface area contributed by atoms with Crippen LogP contribution < -0.4 is 0 Å². The van der Waals surface area contributed by atoms with Gasteiger partial charge in [-0.25, -0.2) is 0 Å². The second kappa shape index (κ2) is 2.42. The molecule has 0 aromatic carbocycles. The van der Waals surface area contributed by atoms with Crippen LogP contribution in [0.2, 0.25) is 0 Å². The van der Waals surface area contributed by atoms with Gasteiger partial charge < -0.3 is 4.84 Å². The summed E-state index contributed by atoms with van der Waals surface area (Å²) in [5.74, 6) is 0. The summed E-state index contributed by atoms with van der Waals surface area (Å²) in [6.45, 7) is 6.34. The number of hydrogen-bond donors (Lipinski definition) is 0. The van der Waals surface area contributed by atoms with Gasteiger partial charge in [0.25, 0.3) is 0 Å². The zero-order chi connectivity index (χ0) is 7.78. The molecule has 0 N–H and O–H groups in total. The molecule has 1 atom stereocenters. The number of rotatable bonds is 0. The van der Waals surface area contributed by atoms with Crippen molar-refractivity contribution in [1.82, 2.24) is 0 Å². The Morgan fingerprint density at radius 2 is 2.20 bits per heavy atom. The molecular weight excluding hydrogens is 150 g/mol. The van der Waals surface area contributed by atoms with Gasteiger partial charge in [-0.2, -0.15) is 0 Å². The zero-order valence-corrected chi connectivity index (χ0v) is 7.27. The zero-order valence-electron chi connectivity index (χ0n) is 6.52. The molecule has 0 bridgehead atoms. The van der Waals surface area contributed by atoms with Crippen LogP contribution >= 0.6 is 11.6 Å². The van der Waals surface area contributed by atoms with Gasteiger partial charge >= 0.3 is 0 Å². The Hall–Kier alpha value is -0.240. The van der Waals surface area contributed by atoms with E-state index in [1.165, 1.54) is 0 Å². The third kappa shape index (κ3) is 1.63. The van der Waals surface area contributed by atoms with E-state index < -0.39 is 0 Å². The summed E-state index contributed by atoms with van der Waals surface area (Å²) in [7, 11) is 0. The van der Waals surface area contributed by atoms with Crippen molar-refractivity contribution in [3.05, 3.63) is 0 Å². The molecule has 2 nitrogen and oxygen atoms in total. The van der Waals surface area contributed by atoms with Crippen molar-refractivity contribution >= 4 is 16.8 Å². The van der Waals surface area contributed by atoms with E-state index in [1.54, 1.807) is 0 Å². The first kappa shape index (κ1) is 7.86. The third-order valence-electron chi connectivity index (χ3n) is 1.60. The van der Waals surface area contributed by atoms with Crippen LogP contribution in [0, 0.1) is 5.41 Å². The minimum absolute atomic E-state index is 0.139. The van der Waals surface area contributed by atoms with Crippen LogP contribution in [-0.2, 0) is 4.84 Å². The fourth-order valence-corrected chi connectivity index (χ4v) is 0.993. The van der Waals surface area contributed by atoms with Crippen LogP contribution in [0.25, 0.3) is 0 Å². The SMILES string of the molecule is CC(C)(C)C1CC(Cl)=NO1. The second-order valence-corrected chi connectivity index (χ2v) is 4.07. The molecule has 0 aliphatic carbocycles. The Morgan fingerprint density at radius 1 is 1.60 bits per heavy atom. The predicted molar refractivity (Wildman–Crippen MR) is 42.2 cm³/mol. The van der Waals surface area contributed by atoms with E-state index in [4.69, 9.17) is 16.4 Å². The molecule has 0 aromatic rings. The van der Waals surface area contributed by atoms with Gasteiger partial charge in [0.15, 0.2) is 0 Å². The molecule has 0 aromatic heterocycles. The van der Waals surface area contributed by atoms with Gasteiger partial charge in [0.2, 0.25) is 0 Å². The van der Waals surface area contributed by atoms with Crippen LogP contribution in [0.5, 0.6) is 0 Å². The average Bonchev–Trinajstić information content (AvgIpc) is 2.11. The second-order valence-electron chi connectivity index (χ2n) is 3.63. The predicted octanol–water partition coefficient (Wildman–Crippen LogP) is 2.37. The van der Waals surface area contributed by atoms with Gasteiger partial charge in [0.05, 0.1) is 0 Å². The molecule has 1 aliphatic heterocycles. The largest absolute Gasteiger partial charge is 0.391 e. The van der Waals surface area contributed by atoms with Crippen molar-refractivity contribution < 1.29 is 4.84 Å². The van der Waals surface area contributed by atoms with Crippen molar-refractivity contribution in [3.8, 4) is 0 Å². The molecule has 1 heterocycles. The van der Waals surface area contributed by atoms with Crippen molar-refractivity contribution in [3.63, 3.8) is 0 Å². The summed E-state index contributed by atoms with van der Waals surface area (Å²) in [4.78, 5) is 5.09. The van der Waals surface area contributed by atoms with Crippen molar-refractivity contribution in [2.45, 2.75) is 33.3 Å². The lowest BCUT2D eigenvalue weighted by Gasteiger charge is -2.23. The molecule has 1 aliphatic rings. The van der Waals surface area contributed by atoms with E-state index in [1.807, 2.05) is 0 Å².